The van der Waals surface area contributed by atoms with Gasteiger partial charge in [0.1, 0.15) is 5.82 Å². The summed E-state index contributed by atoms with van der Waals surface area (Å²) in [7, 11) is 1.37. The Balaban J connectivity index is 2.24. The quantitative estimate of drug-likeness (QED) is 0.834. The van der Waals surface area contributed by atoms with Crippen LogP contribution in [0.15, 0.2) is 30.3 Å². The maximum absolute atomic E-state index is 11.4. The summed E-state index contributed by atoms with van der Waals surface area (Å²) in [5, 5.41) is 4.18. The van der Waals surface area contributed by atoms with Crippen molar-refractivity contribution >= 4 is 11.8 Å². The monoisotopic (exact) mass is 245 g/mol. The third kappa shape index (κ3) is 2.51. The third-order valence-corrected chi connectivity index (χ3v) is 2.68. The molecule has 94 valence electrons. The molecule has 5 nitrogen and oxygen atoms in total. The van der Waals surface area contributed by atoms with E-state index < -0.39 is 0 Å². The first kappa shape index (κ1) is 12.2. The minimum atomic E-state index is -0.339. The van der Waals surface area contributed by atoms with Crippen LogP contribution in [0.1, 0.15) is 21.6 Å². The highest BCUT2D eigenvalue weighted by Crippen LogP contribution is 2.11. The number of benzene rings is 1. The Hall–Kier alpha value is -2.30. The molecule has 0 bridgehead atoms. The normalized spacial score (nSPS) is 10.3. The average Bonchev–Trinajstić information content (AvgIpc) is 2.67. The number of methoxy groups -OCH3 is 1. The molecule has 1 heterocycles. The van der Waals surface area contributed by atoms with E-state index in [1.807, 2.05) is 25.1 Å². The lowest BCUT2D eigenvalue weighted by Gasteiger charge is -2.06. The summed E-state index contributed by atoms with van der Waals surface area (Å²) >= 11 is 0. The highest BCUT2D eigenvalue weighted by atomic mass is 16.5. The van der Waals surface area contributed by atoms with Gasteiger partial charge in [0.05, 0.1) is 19.2 Å². The van der Waals surface area contributed by atoms with E-state index in [1.165, 1.54) is 7.11 Å². The number of carbonyl (C=O) groups is 1. The van der Waals surface area contributed by atoms with E-state index in [0.29, 0.717) is 17.9 Å². The lowest BCUT2D eigenvalue weighted by Crippen LogP contribution is -2.06. The van der Waals surface area contributed by atoms with Gasteiger partial charge in [-0.05, 0) is 24.6 Å². The number of anilines is 1. The molecular formula is C13H15N3O2. The molecule has 1 aromatic carbocycles. The van der Waals surface area contributed by atoms with Gasteiger partial charge in [-0.1, -0.05) is 12.1 Å². The van der Waals surface area contributed by atoms with Crippen LogP contribution in [0.25, 0.3) is 0 Å². The molecule has 1 aromatic heterocycles. The summed E-state index contributed by atoms with van der Waals surface area (Å²) in [5.74, 6) is 0.158. The van der Waals surface area contributed by atoms with Crippen LogP contribution in [0.5, 0.6) is 0 Å². The third-order valence-electron chi connectivity index (χ3n) is 2.68. The number of hydrogen-bond donors (Lipinski definition) is 1. The summed E-state index contributed by atoms with van der Waals surface area (Å²) in [5.41, 5.74) is 8.12. The maximum atomic E-state index is 11.4. The molecule has 0 aliphatic rings. The van der Waals surface area contributed by atoms with Crippen molar-refractivity contribution in [1.82, 2.24) is 9.78 Å². The minimum Gasteiger partial charge on any atom is -0.465 e. The van der Waals surface area contributed by atoms with Crippen molar-refractivity contribution in [2.24, 2.45) is 0 Å². The molecule has 0 saturated heterocycles. The minimum absolute atomic E-state index is 0.339. The van der Waals surface area contributed by atoms with Crippen LogP contribution in [0.3, 0.4) is 0 Å². The molecular weight excluding hydrogens is 230 g/mol. The van der Waals surface area contributed by atoms with E-state index in [1.54, 1.807) is 16.8 Å². The van der Waals surface area contributed by atoms with Gasteiger partial charge in [-0.25, -0.2) is 4.79 Å². The second-order valence-electron chi connectivity index (χ2n) is 4.06. The van der Waals surface area contributed by atoms with Gasteiger partial charge in [-0.2, -0.15) is 5.10 Å². The van der Waals surface area contributed by atoms with Crippen LogP contribution in [-0.4, -0.2) is 22.9 Å². The van der Waals surface area contributed by atoms with Gasteiger partial charge in [-0.15, -0.1) is 0 Å². The number of esters is 1. The lowest BCUT2D eigenvalue weighted by atomic mass is 10.1. The highest BCUT2D eigenvalue weighted by Gasteiger charge is 2.07. The Morgan fingerprint density at radius 1 is 1.44 bits per heavy atom. The topological polar surface area (TPSA) is 70.1 Å². The van der Waals surface area contributed by atoms with Gasteiger partial charge in [0.2, 0.25) is 0 Å². The van der Waals surface area contributed by atoms with Gasteiger partial charge in [0.25, 0.3) is 0 Å². The molecule has 2 rings (SSSR count). The number of carbonyl (C=O) groups excluding carboxylic acids is 1. The number of nitrogens with zero attached hydrogens (tertiary/aromatic N) is 2. The predicted octanol–water partition coefficient (Wildman–Crippen LogP) is 1.61. The standard InChI is InChI=1S/C13H15N3O2/c1-9-6-12(14)15-16(9)8-10-4-3-5-11(7-10)13(17)18-2/h3-7H,8H2,1-2H3,(H2,14,15). The Morgan fingerprint density at radius 2 is 2.22 bits per heavy atom. The summed E-state index contributed by atoms with van der Waals surface area (Å²) in [6.07, 6.45) is 0. The number of aryl methyl sites for hydroxylation is 1. The number of hydrogen-bond acceptors (Lipinski definition) is 4. The molecule has 2 N–H and O–H groups in total. The Kier molecular flexibility index (Phi) is 3.32. The second-order valence-corrected chi connectivity index (χ2v) is 4.06. The van der Waals surface area contributed by atoms with Crippen molar-refractivity contribution in [2.45, 2.75) is 13.5 Å². The summed E-state index contributed by atoms with van der Waals surface area (Å²) in [6, 6.07) is 9.08. The SMILES string of the molecule is COC(=O)c1cccc(Cn2nc(N)cc2C)c1. The fraction of sp³-hybridized carbons (Fsp3) is 0.231. The first-order valence-corrected chi connectivity index (χ1v) is 5.57. The van der Waals surface area contributed by atoms with Crippen LogP contribution in [0, 0.1) is 6.92 Å². The van der Waals surface area contributed by atoms with E-state index >= 15 is 0 Å². The molecule has 0 amide bonds. The molecule has 0 fully saturated rings. The number of aromatic nitrogens is 2. The van der Waals surface area contributed by atoms with Crippen LogP contribution in [-0.2, 0) is 11.3 Å². The van der Waals surface area contributed by atoms with Crippen molar-refractivity contribution in [1.29, 1.82) is 0 Å². The number of nitrogens with two attached hydrogens (primary N) is 1. The molecule has 0 aliphatic carbocycles. The molecule has 5 heteroatoms. The van der Waals surface area contributed by atoms with Crippen molar-refractivity contribution in [3.8, 4) is 0 Å². The molecule has 2 aromatic rings. The number of rotatable bonds is 3. The van der Waals surface area contributed by atoms with Crippen LogP contribution < -0.4 is 5.73 Å². The van der Waals surface area contributed by atoms with Crippen LogP contribution in [0.4, 0.5) is 5.82 Å². The molecule has 18 heavy (non-hydrogen) atoms. The maximum Gasteiger partial charge on any atom is 0.337 e. The van der Waals surface area contributed by atoms with E-state index in [2.05, 4.69) is 9.84 Å². The Labute approximate surface area is 105 Å². The smallest absolute Gasteiger partial charge is 0.337 e. The Morgan fingerprint density at radius 3 is 2.83 bits per heavy atom. The van der Waals surface area contributed by atoms with Crippen molar-refractivity contribution in [3.63, 3.8) is 0 Å². The fourth-order valence-electron chi connectivity index (χ4n) is 1.78. The van der Waals surface area contributed by atoms with Crippen molar-refractivity contribution < 1.29 is 9.53 Å². The van der Waals surface area contributed by atoms with E-state index in [-0.39, 0.29) is 5.97 Å². The van der Waals surface area contributed by atoms with Gasteiger partial charge in [0.15, 0.2) is 0 Å². The largest absolute Gasteiger partial charge is 0.465 e. The van der Waals surface area contributed by atoms with Gasteiger partial charge < -0.3 is 10.5 Å². The van der Waals surface area contributed by atoms with E-state index in [0.717, 1.165) is 11.3 Å². The zero-order valence-corrected chi connectivity index (χ0v) is 10.4. The first-order chi connectivity index (χ1) is 8.60. The van der Waals surface area contributed by atoms with E-state index in [4.69, 9.17) is 5.73 Å². The summed E-state index contributed by atoms with van der Waals surface area (Å²) < 4.78 is 6.49. The fourth-order valence-corrected chi connectivity index (χ4v) is 1.78. The molecule has 0 saturated carbocycles. The average molecular weight is 245 g/mol. The molecule has 0 atom stereocenters. The molecule has 0 spiro atoms. The van der Waals surface area contributed by atoms with Gasteiger partial charge in [-0.3, -0.25) is 4.68 Å². The zero-order chi connectivity index (χ0) is 13.1. The van der Waals surface area contributed by atoms with Crippen molar-refractivity contribution in [3.05, 3.63) is 47.2 Å². The molecule has 0 unspecified atom stereocenters. The summed E-state index contributed by atoms with van der Waals surface area (Å²) in [4.78, 5) is 11.4. The number of nitrogen functional groups attached to an aromatic ring is 1. The van der Waals surface area contributed by atoms with E-state index in [9.17, 15) is 4.79 Å². The second kappa shape index (κ2) is 4.91. The molecule has 0 radical (unpaired) electrons. The predicted molar refractivity (Wildman–Crippen MR) is 68.3 cm³/mol. The van der Waals surface area contributed by atoms with Gasteiger partial charge >= 0.3 is 5.97 Å². The Bertz CT molecular complexity index is 575. The lowest BCUT2D eigenvalue weighted by molar-refractivity contribution is 0.0600. The highest BCUT2D eigenvalue weighted by molar-refractivity contribution is 5.89. The van der Waals surface area contributed by atoms with Crippen LogP contribution >= 0.6 is 0 Å². The van der Waals surface area contributed by atoms with Gasteiger partial charge in [0, 0.05) is 11.8 Å². The zero-order valence-electron chi connectivity index (χ0n) is 10.4. The van der Waals surface area contributed by atoms with Crippen molar-refractivity contribution in [2.75, 3.05) is 12.8 Å². The van der Waals surface area contributed by atoms with Crippen LogP contribution in [0.2, 0.25) is 0 Å². The molecule has 0 aliphatic heterocycles. The number of ether oxygens (including phenoxy) is 1. The summed E-state index contributed by atoms with van der Waals surface area (Å²) in [6.45, 7) is 2.52. The first-order valence-electron chi connectivity index (χ1n) is 5.57.